The van der Waals surface area contributed by atoms with Crippen molar-refractivity contribution in [3.8, 4) is 0 Å². The molecule has 0 saturated carbocycles. The van der Waals surface area contributed by atoms with Gasteiger partial charge in [-0.1, -0.05) is 19.1 Å². The summed E-state index contributed by atoms with van der Waals surface area (Å²) in [7, 11) is 0. The molecule has 3 N–H and O–H groups in total. The quantitative estimate of drug-likeness (QED) is 0.588. The lowest BCUT2D eigenvalue weighted by atomic mass is 10.2. The smallest absolute Gasteiger partial charge is 0.292 e. The number of nitrogens with one attached hydrogen (secondary N) is 1. The summed E-state index contributed by atoms with van der Waals surface area (Å²) in [5.41, 5.74) is 5.60. The van der Waals surface area contributed by atoms with Crippen molar-refractivity contribution in [1.82, 2.24) is 0 Å². The van der Waals surface area contributed by atoms with Gasteiger partial charge in [-0.3, -0.25) is 14.9 Å². The normalized spacial score (nSPS) is 11.9. The third kappa shape index (κ3) is 5.27. The number of nitrogens with zero attached hydrogens (tertiary/aromatic N) is 1. The fraction of sp³-hybridized carbons (Fsp3) is 0.417. The zero-order valence-electron chi connectivity index (χ0n) is 10.7. The molecule has 0 spiro atoms. The molecule has 1 amide bonds. The van der Waals surface area contributed by atoms with Gasteiger partial charge < -0.3 is 11.1 Å². The maximum Gasteiger partial charge on any atom is 0.292 e. The highest BCUT2D eigenvalue weighted by atomic mass is 32.2. The van der Waals surface area contributed by atoms with Gasteiger partial charge in [0.25, 0.3) is 5.69 Å². The Labute approximate surface area is 115 Å². The Bertz CT molecular complexity index is 454. The number of nitro groups is 1. The van der Waals surface area contributed by atoms with Crippen LogP contribution in [0.15, 0.2) is 24.3 Å². The Morgan fingerprint density at radius 3 is 2.84 bits per heavy atom. The molecule has 7 heteroatoms. The SMILES string of the molecule is CC(CN)CSCC(=O)Nc1ccccc1[N+](=O)[O-]. The largest absolute Gasteiger partial charge is 0.330 e. The van der Waals surface area contributed by atoms with Crippen molar-refractivity contribution in [3.63, 3.8) is 0 Å². The van der Waals surface area contributed by atoms with Gasteiger partial charge in [-0.15, -0.1) is 0 Å². The van der Waals surface area contributed by atoms with Crippen molar-refractivity contribution >= 4 is 29.0 Å². The van der Waals surface area contributed by atoms with E-state index in [1.54, 1.807) is 12.1 Å². The molecule has 1 aromatic carbocycles. The van der Waals surface area contributed by atoms with Crippen LogP contribution in [0.5, 0.6) is 0 Å². The maximum atomic E-state index is 11.7. The molecule has 0 radical (unpaired) electrons. The molecule has 1 rings (SSSR count). The molecule has 0 saturated heterocycles. The number of para-hydroxylation sites is 2. The van der Waals surface area contributed by atoms with Crippen LogP contribution >= 0.6 is 11.8 Å². The Morgan fingerprint density at radius 1 is 1.53 bits per heavy atom. The Morgan fingerprint density at radius 2 is 2.21 bits per heavy atom. The first-order valence-electron chi connectivity index (χ1n) is 5.85. The molecule has 1 unspecified atom stereocenters. The minimum Gasteiger partial charge on any atom is -0.330 e. The summed E-state index contributed by atoms with van der Waals surface area (Å²) in [6, 6.07) is 6.08. The molecule has 1 atom stereocenters. The van der Waals surface area contributed by atoms with Crippen LogP contribution in [0.2, 0.25) is 0 Å². The second-order valence-electron chi connectivity index (χ2n) is 4.18. The van der Waals surface area contributed by atoms with Crippen molar-refractivity contribution < 1.29 is 9.72 Å². The van der Waals surface area contributed by atoms with Crippen LogP contribution in [0.4, 0.5) is 11.4 Å². The average molecular weight is 283 g/mol. The van der Waals surface area contributed by atoms with Crippen LogP contribution in [0, 0.1) is 16.0 Å². The van der Waals surface area contributed by atoms with E-state index in [4.69, 9.17) is 5.73 Å². The number of carbonyl (C=O) groups excluding carboxylic acids is 1. The molecule has 1 aromatic rings. The summed E-state index contributed by atoms with van der Waals surface area (Å²) in [6.45, 7) is 2.59. The molecule has 0 aliphatic carbocycles. The number of amides is 1. The molecule has 6 nitrogen and oxygen atoms in total. The van der Waals surface area contributed by atoms with Crippen LogP contribution in [0.25, 0.3) is 0 Å². The summed E-state index contributed by atoms with van der Waals surface area (Å²) in [5, 5.41) is 13.3. The maximum absolute atomic E-state index is 11.7. The number of nitro benzene ring substituents is 1. The monoisotopic (exact) mass is 283 g/mol. The van der Waals surface area contributed by atoms with Gasteiger partial charge in [0.2, 0.25) is 5.91 Å². The highest BCUT2D eigenvalue weighted by molar-refractivity contribution is 7.99. The molecule has 104 valence electrons. The molecular formula is C12H17N3O3S. The number of anilines is 1. The van der Waals surface area contributed by atoms with E-state index < -0.39 is 4.92 Å². The lowest BCUT2D eigenvalue weighted by Crippen LogP contribution is -2.18. The summed E-state index contributed by atoms with van der Waals surface area (Å²) in [5.74, 6) is 1.16. The Balaban J connectivity index is 2.51. The highest BCUT2D eigenvalue weighted by Gasteiger charge is 2.14. The van der Waals surface area contributed by atoms with Crippen molar-refractivity contribution in [1.29, 1.82) is 0 Å². The molecule has 0 heterocycles. The zero-order valence-corrected chi connectivity index (χ0v) is 11.5. The van der Waals surface area contributed by atoms with Crippen LogP contribution in [-0.4, -0.2) is 28.9 Å². The molecular weight excluding hydrogens is 266 g/mol. The minimum atomic E-state index is -0.515. The third-order valence-electron chi connectivity index (χ3n) is 2.41. The number of benzene rings is 1. The van der Waals surface area contributed by atoms with Crippen LogP contribution in [0.3, 0.4) is 0 Å². The summed E-state index contributed by atoms with van der Waals surface area (Å²) >= 11 is 1.47. The predicted molar refractivity (Wildman–Crippen MR) is 77.3 cm³/mol. The molecule has 0 bridgehead atoms. The van der Waals surface area contributed by atoms with Crippen molar-refractivity contribution in [3.05, 3.63) is 34.4 Å². The molecule has 0 aliphatic heterocycles. The highest BCUT2D eigenvalue weighted by Crippen LogP contribution is 2.23. The van der Waals surface area contributed by atoms with E-state index in [0.717, 1.165) is 5.75 Å². The van der Waals surface area contributed by atoms with E-state index in [1.807, 2.05) is 6.92 Å². The standard InChI is InChI=1S/C12H17N3O3S/c1-9(6-13)7-19-8-12(16)14-10-4-2-3-5-11(10)15(17)18/h2-5,9H,6-8,13H2,1H3,(H,14,16). The van der Waals surface area contributed by atoms with E-state index in [0.29, 0.717) is 12.5 Å². The van der Waals surface area contributed by atoms with Gasteiger partial charge in [0, 0.05) is 6.07 Å². The van der Waals surface area contributed by atoms with E-state index in [-0.39, 0.29) is 23.0 Å². The molecule has 19 heavy (non-hydrogen) atoms. The van der Waals surface area contributed by atoms with E-state index >= 15 is 0 Å². The van der Waals surface area contributed by atoms with Gasteiger partial charge in [0.05, 0.1) is 10.7 Å². The fourth-order valence-electron chi connectivity index (χ4n) is 1.35. The number of hydrogen-bond acceptors (Lipinski definition) is 5. The topological polar surface area (TPSA) is 98.3 Å². The number of carbonyl (C=O) groups is 1. The second kappa shape index (κ2) is 7.75. The number of nitrogens with two attached hydrogens (primary N) is 1. The van der Waals surface area contributed by atoms with Crippen molar-refractivity contribution in [2.75, 3.05) is 23.4 Å². The minimum absolute atomic E-state index is 0.101. The average Bonchev–Trinajstić information content (AvgIpc) is 2.38. The summed E-state index contributed by atoms with van der Waals surface area (Å²) in [4.78, 5) is 21.9. The first kappa shape index (κ1) is 15.5. The molecule has 0 aliphatic rings. The van der Waals surface area contributed by atoms with Crippen LogP contribution in [0.1, 0.15) is 6.92 Å². The molecule has 0 fully saturated rings. The Kier molecular flexibility index (Phi) is 6.31. The van der Waals surface area contributed by atoms with Gasteiger partial charge in [0.1, 0.15) is 5.69 Å². The van der Waals surface area contributed by atoms with Gasteiger partial charge >= 0.3 is 0 Å². The van der Waals surface area contributed by atoms with E-state index in [9.17, 15) is 14.9 Å². The van der Waals surface area contributed by atoms with Crippen molar-refractivity contribution in [2.24, 2.45) is 11.7 Å². The Hall–Kier alpha value is -1.60. The van der Waals surface area contributed by atoms with Gasteiger partial charge in [-0.2, -0.15) is 11.8 Å². The first-order chi connectivity index (χ1) is 9.04. The fourth-order valence-corrected chi connectivity index (χ4v) is 2.26. The van der Waals surface area contributed by atoms with Gasteiger partial charge in [-0.05, 0) is 24.3 Å². The van der Waals surface area contributed by atoms with E-state index in [2.05, 4.69) is 5.32 Å². The number of thioether (sulfide) groups is 1. The summed E-state index contributed by atoms with van der Waals surface area (Å²) in [6.07, 6.45) is 0. The second-order valence-corrected chi connectivity index (χ2v) is 5.21. The lowest BCUT2D eigenvalue weighted by molar-refractivity contribution is -0.383. The van der Waals surface area contributed by atoms with Gasteiger partial charge in [-0.25, -0.2) is 0 Å². The number of hydrogen-bond donors (Lipinski definition) is 2. The van der Waals surface area contributed by atoms with E-state index in [1.165, 1.54) is 23.9 Å². The first-order valence-corrected chi connectivity index (χ1v) is 7.01. The third-order valence-corrected chi connectivity index (χ3v) is 3.68. The molecule has 0 aromatic heterocycles. The zero-order chi connectivity index (χ0) is 14.3. The predicted octanol–water partition coefficient (Wildman–Crippen LogP) is 1.86. The van der Waals surface area contributed by atoms with Gasteiger partial charge in [0.15, 0.2) is 0 Å². The lowest BCUT2D eigenvalue weighted by Gasteiger charge is -2.08. The van der Waals surface area contributed by atoms with Crippen molar-refractivity contribution in [2.45, 2.75) is 6.92 Å². The number of rotatable bonds is 7. The van der Waals surface area contributed by atoms with Crippen LogP contribution in [-0.2, 0) is 4.79 Å². The van der Waals surface area contributed by atoms with Crippen LogP contribution < -0.4 is 11.1 Å². The summed E-state index contributed by atoms with van der Waals surface area (Å²) < 4.78 is 0.